The number of ether oxygens (including phenoxy) is 2. The molecule has 0 saturated heterocycles. The molecule has 0 aliphatic rings. The van der Waals surface area contributed by atoms with Gasteiger partial charge >= 0.3 is 0 Å². The van der Waals surface area contributed by atoms with Crippen molar-refractivity contribution in [1.82, 2.24) is 4.98 Å². The molecule has 0 aliphatic heterocycles. The van der Waals surface area contributed by atoms with Crippen LogP contribution in [0.15, 0.2) is 67.0 Å². The highest BCUT2D eigenvalue weighted by molar-refractivity contribution is 5.46. The number of benzene rings is 2. The highest BCUT2D eigenvalue weighted by Crippen LogP contribution is 2.31. The third kappa shape index (κ3) is 4.80. The van der Waals surface area contributed by atoms with Gasteiger partial charge in [-0.1, -0.05) is 24.3 Å². The Hall–Kier alpha value is -2.92. The van der Waals surface area contributed by atoms with Crippen LogP contribution in [0.3, 0.4) is 0 Å². The van der Waals surface area contributed by atoms with Crippen LogP contribution in [0.2, 0.25) is 0 Å². The lowest BCUT2D eigenvalue weighted by molar-refractivity contribution is -0.686. The topological polar surface area (TPSA) is 48.0 Å². The summed E-state index contributed by atoms with van der Waals surface area (Å²) in [5.41, 5.74) is 3.13. The number of aromatic nitrogens is 1. The predicted octanol–water partition coefficient (Wildman–Crippen LogP) is 3.07. The molecule has 0 amide bonds. The zero-order valence-electron chi connectivity index (χ0n) is 14.7. The van der Waals surface area contributed by atoms with Crippen LogP contribution in [0.1, 0.15) is 16.7 Å². The van der Waals surface area contributed by atoms with E-state index in [-0.39, 0.29) is 5.82 Å². The van der Waals surface area contributed by atoms with Gasteiger partial charge in [0.05, 0.1) is 12.7 Å². The second-order valence-corrected chi connectivity index (χ2v) is 5.92. The van der Waals surface area contributed by atoms with Crippen LogP contribution in [0, 0.1) is 5.82 Å². The van der Waals surface area contributed by atoms with E-state index in [0.29, 0.717) is 12.4 Å². The van der Waals surface area contributed by atoms with Crippen LogP contribution in [0.4, 0.5) is 4.39 Å². The van der Waals surface area contributed by atoms with Gasteiger partial charge in [0.1, 0.15) is 25.5 Å². The van der Waals surface area contributed by atoms with Crippen LogP contribution >= 0.6 is 0 Å². The molecule has 3 rings (SSSR count). The Morgan fingerprint density at radius 3 is 2.54 bits per heavy atom. The van der Waals surface area contributed by atoms with E-state index in [1.165, 1.54) is 17.7 Å². The van der Waals surface area contributed by atoms with Gasteiger partial charge in [0.25, 0.3) is 0 Å². The second kappa shape index (κ2) is 8.97. The van der Waals surface area contributed by atoms with Crippen LogP contribution in [-0.4, -0.2) is 12.1 Å². The fourth-order valence-corrected chi connectivity index (χ4v) is 2.70. The third-order valence-corrected chi connectivity index (χ3v) is 4.04. The van der Waals surface area contributed by atoms with Crippen molar-refractivity contribution >= 4 is 0 Å². The van der Waals surface area contributed by atoms with E-state index in [0.717, 1.165) is 30.0 Å². The van der Waals surface area contributed by atoms with Gasteiger partial charge in [0.2, 0.25) is 0 Å². The summed E-state index contributed by atoms with van der Waals surface area (Å²) in [6, 6.07) is 16.2. The van der Waals surface area contributed by atoms with Gasteiger partial charge in [-0.25, -0.2) is 4.39 Å². The maximum atomic E-state index is 13.0. The molecular formula is C21H22FN2O2+. The monoisotopic (exact) mass is 353 g/mol. The van der Waals surface area contributed by atoms with Crippen molar-refractivity contribution in [3.8, 4) is 11.5 Å². The minimum atomic E-state index is -0.253. The van der Waals surface area contributed by atoms with Crippen molar-refractivity contribution in [1.29, 1.82) is 0 Å². The number of nitrogens with two attached hydrogens (primary N) is 1. The maximum absolute atomic E-state index is 13.0. The first-order valence-electron chi connectivity index (χ1n) is 8.50. The fourth-order valence-electron chi connectivity index (χ4n) is 2.70. The Labute approximate surface area is 152 Å². The first-order valence-corrected chi connectivity index (χ1v) is 8.50. The van der Waals surface area contributed by atoms with Crippen molar-refractivity contribution in [3.63, 3.8) is 0 Å². The minimum absolute atomic E-state index is 0.253. The Kier molecular flexibility index (Phi) is 6.17. The number of rotatable bonds is 8. The number of nitrogens with zero attached hydrogens (tertiary/aromatic N) is 1. The quantitative estimate of drug-likeness (QED) is 0.677. The van der Waals surface area contributed by atoms with Crippen LogP contribution in [0.5, 0.6) is 11.5 Å². The molecule has 0 radical (unpaired) electrons. The highest BCUT2D eigenvalue weighted by Gasteiger charge is 2.12. The molecular weight excluding hydrogens is 331 g/mol. The lowest BCUT2D eigenvalue weighted by Crippen LogP contribution is -2.80. The molecule has 0 fully saturated rings. The molecule has 0 aliphatic carbocycles. The molecule has 4 nitrogen and oxygen atoms in total. The van der Waals surface area contributed by atoms with Crippen molar-refractivity contribution in [3.05, 3.63) is 89.5 Å². The largest absolute Gasteiger partial charge is 0.493 e. The van der Waals surface area contributed by atoms with Crippen molar-refractivity contribution in [2.45, 2.75) is 19.7 Å². The summed E-state index contributed by atoms with van der Waals surface area (Å²) >= 11 is 0. The summed E-state index contributed by atoms with van der Waals surface area (Å²) in [4.78, 5) is 4.13. The first kappa shape index (κ1) is 17.9. The van der Waals surface area contributed by atoms with Crippen LogP contribution in [0.25, 0.3) is 0 Å². The molecule has 26 heavy (non-hydrogen) atoms. The fraction of sp³-hybridized carbons (Fsp3) is 0.190. The SMILES string of the molecule is COc1cccc(C[NH2+]Cc2cccnc2)c1OCc1ccc(F)cc1. The maximum Gasteiger partial charge on any atom is 0.170 e. The Morgan fingerprint density at radius 1 is 0.962 bits per heavy atom. The molecule has 3 aromatic rings. The summed E-state index contributed by atoms with van der Waals surface area (Å²) in [6.45, 7) is 1.95. The van der Waals surface area contributed by atoms with Gasteiger partial charge in [-0.05, 0) is 35.9 Å². The van der Waals surface area contributed by atoms with Gasteiger partial charge in [0.15, 0.2) is 11.5 Å². The molecule has 1 heterocycles. The molecule has 5 heteroatoms. The summed E-state index contributed by atoms with van der Waals surface area (Å²) in [6.07, 6.45) is 3.64. The van der Waals surface area contributed by atoms with E-state index >= 15 is 0 Å². The molecule has 0 atom stereocenters. The number of quaternary nitrogens is 1. The van der Waals surface area contributed by atoms with Crippen LogP contribution in [-0.2, 0) is 19.7 Å². The van der Waals surface area contributed by atoms with E-state index in [1.807, 2.05) is 30.5 Å². The number of methoxy groups -OCH3 is 1. The Morgan fingerprint density at radius 2 is 1.81 bits per heavy atom. The van der Waals surface area contributed by atoms with Crippen molar-refractivity contribution in [2.75, 3.05) is 7.11 Å². The summed E-state index contributed by atoms with van der Waals surface area (Å²) in [7, 11) is 1.63. The Balaban J connectivity index is 1.67. The number of pyridine rings is 1. The third-order valence-electron chi connectivity index (χ3n) is 4.04. The van der Waals surface area contributed by atoms with Gasteiger partial charge in [-0.2, -0.15) is 0 Å². The molecule has 1 aromatic heterocycles. The lowest BCUT2D eigenvalue weighted by atomic mass is 10.1. The lowest BCUT2D eigenvalue weighted by Gasteiger charge is -2.14. The molecule has 134 valence electrons. The number of hydrogen-bond acceptors (Lipinski definition) is 3. The molecule has 2 aromatic carbocycles. The zero-order chi connectivity index (χ0) is 18.2. The number of halogens is 1. The van der Waals surface area contributed by atoms with Gasteiger partial charge in [-0.15, -0.1) is 0 Å². The van der Waals surface area contributed by atoms with Gasteiger partial charge in [-0.3, -0.25) is 4.98 Å². The Bertz CT molecular complexity index is 823. The summed E-state index contributed by atoms with van der Waals surface area (Å²) < 4.78 is 24.5. The predicted molar refractivity (Wildman–Crippen MR) is 97.3 cm³/mol. The van der Waals surface area contributed by atoms with E-state index < -0.39 is 0 Å². The van der Waals surface area contributed by atoms with Crippen molar-refractivity contribution < 1.29 is 19.2 Å². The van der Waals surface area contributed by atoms with Gasteiger partial charge < -0.3 is 14.8 Å². The van der Waals surface area contributed by atoms with E-state index in [1.54, 1.807) is 25.4 Å². The molecule has 0 bridgehead atoms. The normalized spacial score (nSPS) is 10.5. The van der Waals surface area contributed by atoms with E-state index in [9.17, 15) is 4.39 Å². The first-order chi connectivity index (χ1) is 12.8. The minimum Gasteiger partial charge on any atom is -0.493 e. The van der Waals surface area contributed by atoms with E-state index in [2.05, 4.69) is 16.4 Å². The highest BCUT2D eigenvalue weighted by atomic mass is 19.1. The zero-order valence-corrected chi connectivity index (χ0v) is 14.7. The molecule has 0 spiro atoms. The van der Waals surface area contributed by atoms with E-state index in [4.69, 9.17) is 9.47 Å². The molecule has 0 saturated carbocycles. The summed E-state index contributed by atoms with van der Waals surface area (Å²) in [5, 5.41) is 2.19. The smallest absolute Gasteiger partial charge is 0.170 e. The second-order valence-electron chi connectivity index (χ2n) is 5.92. The number of para-hydroxylation sites is 1. The molecule has 2 N–H and O–H groups in total. The van der Waals surface area contributed by atoms with Crippen molar-refractivity contribution in [2.24, 2.45) is 0 Å². The van der Waals surface area contributed by atoms with Crippen LogP contribution < -0.4 is 14.8 Å². The standard InChI is InChI=1S/C21H21FN2O2/c1-25-20-6-2-5-18(14-24-13-17-4-3-11-23-12-17)21(20)26-15-16-7-9-19(22)10-8-16/h2-12,24H,13-15H2,1H3/p+1. The number of hydrogen-bond donors (Lipinski definition) is 1. The summed E-state index contributed by atoms with van der Waals surface area (Å²) in [5.74, 6) is 1.16. The average molecular weight is 353 g/mol. The van der Waals surface area contributed by atoms with Gasteiger partial charge in [0, 0.05) is 18.0 Å². The average Bonchev–Trinajstić information content (AvgIpc) is 2.69. The molecule has 0 unspecified atom stereocenters.